The van der Waals surface area contributed by atoms with Crippen LogP contribution in [0.1, 0.15) is 36.9 Å². The van der Waals surface area contributed by atoms with Gasteiger partial charge in [-0.05, 0) is 5.41 Å². The van der Waals surface area contributed by atoms with Gasteiger partial charge in [-0.25, -0.2) is 0 Å². The van der Waals surface area contributed by atoms with Crippen LogP contribution in [-0.4, -0.2) is 11.1 Å². The molecule has 2 rings (SSSR count). The monoisotopic (exact) mass is 332 g/mol. The molecule has 0 spiro atoms. The van der Waals surface area contributed by atoms with Crippen LogP contribution in [0.3, 0.4) is 0 Å². The zero-order valence-corrected chi connectivity index (χ0v) is 13.6. The Labute approximate surface area is 131 Å². The van der Waals surface area contributed by atoms with E-state index in [1.165, 1.54) is 11.3 Å². The van der Waals surface area contributed by atoms with Crippen LogP contribution < -0.4 is 5.32 Å². The van der Waals surface area contributed by atoms with E-state index in [4.69, 9.17) is 27.7 Å². The van der Waals surface area contributed by atoms with Crippen LogP contribution >= 0.6 is 34.5 Å². The highest BCUT2D eigenvalue weighted by Gasteiger charge is 2.20. The Balaban J connectivity index is 2.09. The SMILES string of the molecule is CC(C)(C)Cc1cc(NC(=O)c2c(Cl)csc2Cl)no1. The molecule has 0 bridgehead atoms. The molecule has 2 heterocycles. The van der Waals surface area contributed by atoms with Gasteiger partial charge >= 0.3 is 0 Å². The zero-order valence-electron chi connectivity index (χ0n) is 11.3. The number of nitrogens with one attached hydrogen (secondary N) is 1. The molecule has 0 radical (unpaired) electrons. The van der Waals surface area contributed by atoms with Crippen LogP contribution in [-0.2, 0) is 6.42 Å². The fourth-order valence-corrected chi connectivity index (χ4v) is 3.05. The van der Waals surface area contributed by atoms with Crippen molar-refractivity contribution in [3.05, 3.63) is 32.1 Å². The van der Waals surface area contributed by atoms with E-state index in [0.29, 0.717) is 15.2 Å². The molecule has 20 heavy (non-hydrogen) atoms. The highest BCUT2D eigenvalue weighted by Crippen LogP contribution is 2.32. The summed E-state index contributed by atoms with van der Waals surface area (Å²) in [6.07, 6.45) is 0.732. The van der Waals surface area contributed by atoms with E-state index in [1.807, 2.05) is 0 Å². The standard InChI is InChI=1S/C13H14Cl2N2O2S/c1-13(2,3)5-7-4-9(17-19-7)16-12(18)10-8(14)6-20-11(10)15/h4,6H,5H2,1-3H3,(H,16,17,18). The van der Waals surface area contributed by atoms with Gasteiger partial charge in [-0.1, -0.05) is 49.1 Å². The molecule has 0 saturated carbocycles. The first-order valence-corrected chi connectivity index (χ1v) is 7.59. The van der Waals surface area contributed by atoms with Crippen molar-refractivity contribution in [2.45, 2.75) is 27.2 Å². The smallest absolute Gasteiger partial charge is 0.260 e. The maximum absolute atomic E-state index is 12.1. The number of hydrogen-bond donors (Lipinski definition) is 1. The van der Waals surface area contributed by atoms with Crippen LogP contribution in [0, 0.1) is 5.41 Å². The minimum Gasteiger partial charge on any atom is -0.359 e. The van der Waals surface area contributed by atoms with Gasteiger partial charge < -0.3 is 9.84 Å². The molecule has 0 unspecified atom stereocenters. The van der Waals surface area contributed by atoms with Gasteiger partial charge in [0.05, 0.1) is 10.6 Å². The Hall–Kier alpha value is -1.04. The summed E-state index contributed by atoms with van der Waals surface area (Å²) < 4.78 is 5.54. The lowest BCUT2D eigenvalue weighted by Gasteiger charge is -2.14. The quantitative estimate of drug-likeness (QED) is 0.870. The van der Waals surface area contributed by atoms with Crippen LogP contribution in [0.15, 0.2) is 16.0 Å². The van der Waals surface area contributed by atoms with E-state index in [1.54, 1.807) is 11.4 Å². The fraction of sp³-hybridized carbons (Fsp3) is 0.385. The maximum Gasteiger partial charge on any atom is 0.260 e. The largest absolute Gasteiger partial charge is 0.359 e. The Morgan fingerprint density at radius 1 is 1.45 bits per heavy atom. The summed E-state index contributed by atoms with van der Waals surface area (Å²) in [5.74, 6) is 0.680. The molecule has 4 nitrogen and oxygen atoms in total. The van der Waals surface area contributed by atoms with Crippen molar-refractivity contribution in [3.63, 3.8) is 0 Å². The van der Waals surface area contributed by atoms with Crippen molar-refractivity contribution in [1.82, 2.24) is 5.16 Å². The predicted octanol–water partition coefficient (Wildman–Crippen LogP) is 4.88. The first-order valence-electron chi connectivity index (χ1n) is 5.96. The lowest BCUT2D eigenvalue weighted by atomic mass is 9.91. The van der Waals surface area contributed by atoms with Gasteiger partial charge in [0, 0.05) is 17.9 Å². The van der Waals surface area contributed by atoms with Crippen molar-refractivity contribution in [2.24, 2.45) is 5.41 Å². The molecule has 0 fully saturated rings. The van der Waals surface area contributed by atoms with Gasteiger partial charge in [0.15, 0.2) is 5.82 Å². The third kappa shape index (κ3) is 3.75. The minimum absolute atomic E-state index is 0.0841. The molecule has 1 amide bonds. The second-order valence-electron chi connectivity index (χ2n) is 5.60. The molecule has 1 N–H and O–H groups in total. The average molecular weight is 333 g/mol. The van der Waals surface area contributed by atoms with Crippen LogP contribution in [0.2, 0.25) is 9.36 Å². The summed E-state index contributed by atoms with van der Waals surface area (Å²) in [4.78, 5) is 12.1. The summed E-state index contributed by atoms with van der Waals surface area (Å²) in [6.45, 7) is 6.29. The Morgan fingerprint density at radius 2 is 2.15 bits per heavy atom. The van der Waals surface area contributed by atoms with E-state index < -0.39 is 5.91 Å². The van der Waals surface area contributed by atoms with Crippen molar-refractivity contribution < 1.29 is 9.32 Å². The fourth-order valence-electron chi connectivity index (χ4n) is 1.67. The summed E-state index contributed by atoms with van der Waals surface area (Å²) in [5.41, 5.74) is 0.347. The minimum atomic E-state index is -0.392. The van der Waals surface area contributed by atoms with Gasteiger partial charge in [0.25, 0.3) is 5.91 Å². The summed E-state index contributed by atoms with van der Waals surface area (Å²) in [6, 6.07) is 1.71. The molecule has 108 valence electrons. The number of rotatable bonds is 3. The van der Waals surface area contributed by atoms with Crippen molar-refractivity contribution in [2.75, 3.05) is 5.32 Å². The van der Waals surface area contributed by atoms with E-state index in [2.05, 4.69) is 31.2 Å². The number of anilines is 1. The maximum atomic E-state index is 12.1. The second kappa shape index (κ2) is 5.76. The number of amides is 1. The molecule has 2 aromatic heterocycles. The summed E-state index contributed by atoms with van der Waals surface area (Å²) >= 11 is 13.1. The van der Waals surface area contributed by atoms with Gasteiger partial charge in [0.2, 0.25) is 0 Å². The zero-order chi connectivity index (χ0) is 14.9. The van der Waals surface area contributed by atoms with E-state index in [9.17, 15) is 4.79 Å². The number of halogens is 2. The topological polar surface area (TPSA) is 55.1 Å². The summed E-state index contributed by atoms with van der Waals surface area (Å²) in [5, 5.41) is 8.39. The van der Waals surface area contributed by atoms with Crippen LogP contribution in [0.5, 0.6) is 0 Å². The molecule has 0 aliphatic heterocycles. The highest BCUT2D eigenvalue weighted by molar-refractivity contribution is 7.15. The lowest BCUT2D eigenvalue weighted by molar-refractivity contribution is 0.102. The van der Waals surface area contributed by atoms with E-state index >= 15 is 0 Å². The summed E-state index contributed by atoms with van der Waals surface area (Å²) in [7, 11) is 0. The Kier molecular flexibility index (Phi) is 4.42. The number of nitrogens with zero attached hydrogens (tertiary/aromatic N) is 1. The average Bonchev–Trinajstić information content (AvgIpc) is 2.84. The molecule has 2 aromatic rings. The normalized spacial score (nSPS) is 11.7. The van der Waals surface area contributed by atoms with Gasteiger partial charge in [-0.3, -0.25) is 4.79 Å². The first-order chi connectivity index (χ1) is 9.26. The molecule has 7 heteroatoms. The molecular formula is C13H14Cl2N2O2S. The molecule has 0 aliphatic rings. The number of carbonyl (C=O) groups excluding carboxylic acids is 1. The van der Waals surface area contributed by atoms with Crippen molar-refractivity contribution in [3.8, 4) is 0 Å². The number of aromatic nitrogens is 1. The number of carbonyl (C=O) groups is 1. The first kappa shape index (κ1) is 15.4. The Morgan fingerprint density at radius 3 is 2.70 bits per heavy atom. The third-order valence-electron chi connectivity index (χ3n) is 2.43. The van der Waals surface area contributed by atoms with E-state index in [0.717, 1.165) is 12.2 Å². The predicted molar refractivity (Wildman–Crippen MR) is 82.0 cm³/mol. The molecular weight excluding hydrogens is 319 g/mol. The molecule has 0 aromatic carbocycles. The van der Waals surface area contributed by atoms with Crippen molar-refractivity contribution >= 4 is 46.3 Å². The number of thiophene rings is 1. The Bertz CT molecular complexity index is 609. The number of hydrogen-bond acceptors (Lipinski definition) is 4. The van der Waals surface area contributed by atoms with Gasteiger partial charge in [-0.15, -0.1) is 11.3 Å². The van der Waals surface area contributed by atoms with E-state index in [-0.39, 0.29) is 11.0 Å². The highest BCUT2D eigenvalue weighted by atomic mass is 35.5. The third-order valence-corrected chi connectivity index (χ3v) is 4.08. The lowest BCUT2D eigenvalue weighted by Crippen LogP contribution is -2.12. The van der Waals surface area contributed by atoms with Gasteiger partial charge in [0.1, 0.15) is 10.1 Å². The van der Waals surface area contributed by atoms with Crippen molar-refractivity contribution in [1.29, 1.82) is 0 Å². The second-order valence-corrected chi connectivity index (χ2v) is 7.49. The molecule has 0 saturated heterocycles. The molecule has 0 aliphatic carbocycles. The molecule has 0 atom stereocenters. The van der Waals surface area contributed by atoms with Gasteiger partial charge in [-0.2, -0.15) is 0 Å². The van der Waals surface area contributed by atoms with Crippen LogP contribution in [0.25, 0.3) is 0 Å². The van der Waals surface area contributed by atoms with Crippen LogP contribution in [0.4, 0.5) is 5.82 Å².